The Kier molecular flexibility index (Phi) is 5.94. The van der Waals surface area contributed by atoms with Gasteiger partial charge in [0.15, 0.2) is 6.61 Å². The highest BCUT2D eigenvalue weighted by atomic mass is 16.5. The average Bonchev–Trinajstić information content (AvgIpc) is 2.78. The Bertz CT molecular complexity index is 1240. The van der Waals surface area contributed by atoms with Crippen molar-refractivity contribution in [1.29, 1.82) is 0 Å². The summed E-state index contributed by atoms with van der Waals surface area (Å²) in [6, 6.07) is 28.0. The van der Waals surface area contributed by atoms with Crippen LogP contribution >= 0.6 is 0 Å². The number of rotatable bonds is 6. The molecule has 0 bridgehead atoms. The summed E-state index contributed by atoms with van der Waals surface area (Å²) in [5.74, 6) is 0.109. The molecule has 2 N–H and O–H groups in total. The van der Waals surface area contributed by atoms with Gasteiger partial charge in [-0.05, 0) is 54.3 Å². The minimum Gasteiger partial charge on any atom is -0.483 e. The molecule has 0 aromatic heterocycles. The van der Waals surface area contributed by atoms with E-state index in [0.29, 0.717) is 17.0 Å². The van der Waals surface area contributed by atoms with Crippen molar-refractivity contribution in [3.8, 4) is 5.75 Å². The number of nitrogens with one attached hydrogen (secondary N) is 2. The van der Waals surface area contributed by atoms with Gasteiger partial charge in [0, 0.05) is 22.3 Å². The Hall–Kier alpha value is -4.12. The predicted octanol–water partition coefficient (Wildman–Crippen LogP) is 5.42. The lowest BCUT2D eigenvalue weighted by Crippen LogP contribution is -2.20. The topological polar surface area (TPSA) is 67.4 Å². The number of hydrogen-bond donors (Lipinski definition) is 2. The smallest absolute Gasteiger partial charge is 0.262 e. The third-order valence-electron chi connectivity index (χ3n) is 4.79. The lowest BCUT2D eigenvalue weighted by atomic mass is 10.1. The number of amides is 2. The van der Waals surface area contributed by atoms with Crippen LogP contribution in [0.5, 0.6) is 5.75 Å². The van der Waals surface area contributed by atoms with E-state index in [-0.39, 0.29) is 18.4 Å². The quantitative estimate of drug-likeness (QED) is 0.446. The molecule has 4 rings (SSSR count). The van der Waals surface area contributed by atoms with Crippen LogP contribution in [-0.2, 0) is 4.79 Å². The zero-order chi connectivity index (χ0) is 21.6. The van der Waals surface area contributed by atoms with Crippen molar-refractivity contribution in [3.63, 3.8) is 0 Å². The third kappa shape index (κ3) is 5.08. The van der Waals surface area contributed by atoms with E-state index in [1.54, 1.807) is 24.3 Å². The summed E-state index contributed by atoms with van der Waals surface area (Å²) in [5, 5.41) is 7.65. The standard InChI is InChI=1S/C26H22N2O3/c1-18-7-4-11-21(15-18)28-26(30)20-10-5-12-22(16-20)27-25(29)17-31-24-14-6-9-19-8-2-3-13-23(19)24/h2-16H,17H2,1H3,(H,27,29)(H,28,30). The van der Waals surface area contributed by atoms with Crippen LogP contribution in [-0.4, -0.2) is 18.4 Å². The number of benzene rings is 4. The highest BCUT2D eigenvalue weighted by Gasteiger charge is 2.10. The normalized spacial score (nSPS) is 10.5. The van der Waals surface area contributed by atoms with Crippen LogP contribution in [0.1, 0.15) is 15.9 Å². The van der Waals surface area contributed by atoms with E-state index in [0.717, 1.165) is 22.0 Å². The van der Waals surface area contributed by atoms with E-state index in [9.17, 15) is 9.59 Å². The highest BCUT2D eigenvalue weighted by molar-refractivity contribution is 6.05. The Morgan fingerprint density at radius 3 is 2.32 bits per heavy atom. The first-order chi connectivity index (χ1) is 15.1. The summed E-state index contributed by atoms with van der Waals surface area (Å²) < 4.78 is 5.73. The van der Waals surface area contributed by atoms with Gasteiger partial charge in [0.2, 0.25) is 0 Å². The fourth-order valence-corrected chi connectivity index (χ4v) is 3.33. The van der Waals surface area contributed by atoms with E-state index in [1.807, 2.05) is 73.7 Å². The maximum Gasteiger partial charge on any atom is 0.262 e. The van der Waals surface area contributed by atoms with Crippen molar-refractivity contribution in [1.82, 2.24) is 0 Å². The summed E-state index contributed by atoms with van der Waals surface area (Å²) in [4.78, 5) is 24.9. The number of ether oxygens (including phenoxy) is 1. The number of fused-ring (bicyclic) bond motifs is 1. The lowest BCUT2D eigenvalue weighted by molar-refractivity contribution is -0.118. The molecule has 4 aromatic rings. The van der Waals surface area contributed by atoms with Gasteiger partial charge in [-0.25, -0.2) is 0 Å². The van der Waals surface area contributed by atoms with Gasteiger partial charge in [-0.1, -0.05) is 54.6 Å². The SMILES string of the molecule is Cc1cccc(NC(=O)c2cccc(NC(=O)COc3cccc4ccccc34)c2)c1. The molecule has 0 atom stereocenters. The Balaban J connectivity index is 1.39. The molecule has 0 saturated heterocycles. The zero-order valence-corrected chi connectivity index (χ0v) is 17.1. The molecule has 0 aliphatic heterocycles. The van der Waals surface area contributed by atoms with Crippen molar-refractivity contribution in [2.24, 2.45) is 0 Å². The van der Waals surface area contributed by atoms with Gasteiger partial charge in [0.05, 0.1) is 0 Å². The van der Waals surface area contributed by atoms with Gasteiger partial charge in [-0.15, -0.1) is 0 Å². The van der Waals surface area contributed by atoms with Crippen molar-refractivity contribution < 1.29 is 14.3 Å². The van der Waals surface area contributed by atoms with E-state index >= 15 is 0 Å². The molecule has 0 radical (unpaired) electrons. The Morgan fingerprint density at radius 2 is 1.48 bits per heavy atom. The van der Waals surface area contributed by atoms with Gasteiger partial charge < -0.3 is 15.4 Å². The number of carbonyl (C=O) groups excluding carboxylic acids is 2. The molecular formula is C26H22N2O3. The van der Waals surface area contributed by atoms with Crippen LogP contribution in [0, 0.1) is 6.92 Å². The second-order valence-corrected chi connectivity index (χ2v) is 7.22. The first kappa shape index (κ1) is 20.2. The molecule has 0 aliphatic rings. The van der Waals surface area contributed by atoms with Gasteiger partial charge in [0.1, 0.15) is 5.75 Å². The number of anilines is 2. The van der Waals surface area contributed by atoms with Gasteiger partial charge in [-0.2, -0.15) is 0 Å². The van der Waals surface area contributed by atoms with E-state index < -0.39 is 0 Å². The van der Waals surface area contributed by atoms with Crippen LogP contribution in [0.4, 0.5) is 11.4 Å². The second-order valence-electron chi connectivity index (χ2n) is 7.22. The molecule has 5 heteroatoms. The largest absolute Gasteiger partial charge is 0.483 e. The molecule has 5 nitrogen and oxygen atoms in total. The molecule has 0 heterocycles. The van der Waals surface area contributed by atoms with Crippen LogP contribution in [0.2, 0.25) is 0 Å². The van der Waals surface area contributed by atoms with Crippen molar-refractivity contribution in [3.05, 3.63) is 102 Å². The fraction of sp³-hybridized carbons (Fsp3) is 0.0769. The molecule has 4 aromatic carbocycles. The molecule has 2 amide bonds. The van der Waals surface area contributed by atoms with Crippen molar-refractivity contribution >= 4 is 34.0 Å². The number of aryl methyl sites for hydroxylation is 1. The van der Waals surface area contributed by atoms with Crippen molar-refractivity contribution in [2.75, 3.05) is 17.2 Å². The van der Waals surface area contributed by atoms with E-state index in [1.165, 1.54) is 0 Å². The average molecular weight is 410 g/mol. The highest BCUT2D eigenvalue weighted by Crippen LogP contribution is 2.25. The molecule has 0 spiro atoms. The molecular weight excluding hydrogens is 388 g/mol. The maximum absolute atomic E-state index is 12.6. The molecule has 154 valence electrons. The second kappa shape index (κ2) is 9.13. The monoisotopic (exact) mass is 410 g/mol. The molecule has 0 saturated carbocycles. The molecule has 0 fully saturated rings. The summed E-state index contributed by atoms with van der Waals surface area (Å²) in [6.45, 7) is 1.83. The summed E-state index contributed by atoms with van der Waals surface area (Å²) in [7, 11) is 0. The molecule has 0 unspecified atom stereocenters. The molecule has 0 aliphatic carbocycles. The zero-order valence-electron chi connectivity index (χ0n) is 17.1. The van der Waals surface area contributed by atoms with Crippen LogP contribution in [0.25, 0.3) is 10.8 Å². The van der Waals surface area contributed by atoms with Crippen LogP contribution in [0.15, 0.2) is 91.0 Å². The van der Waals surface area contributed by atoms with E-state index in [4.69, 9.17) is 4.74 Å². The Labute approximate surface area is 180 Å². The first-order valence-electron chi connectivity index (χ1n) is 9.97. The predicted molar refractivity (Wildman–Crippen MR) is 124 cm³/mol. The van der Waals surface area contributed by atoms with Gasteiger partial charge in [-0.3, -0.25) is 9.59 Å². The van der Waals surface area contributed by atoms with E-state index in [2.05, 4.69) is 10.6 Å². The summed E-state index contributed by atoms with van der Waals surface area (Å²) in [5.41, 5.74) is 2.77. The summed E-state index contributed by atoms with van der Waals surface area (Å²) in [6.07, 6.45) is 0. The number of hydrogen-bond acceptors (Lipinski definition) is 3. The van der Waals surface area contributed by atoms with Crippen LogP contribution in [0.3, 0.4) is 0 Å². The molecule has 31 heavy (non-hydrogen) atoms. The van der Waals surface area contributed by atoms with Crippen molar-refractivity contribution in [2.45, 2.75) is 6.92 Å². The minimum atomic E-state index is -0.302. The maximum atomic E-state index is 12.6. The third-order valence-corrected chi connectivity index (χ3v) is 4.79. The summed E-state index contributed by atoms with van der Waals surface area (Å²) >= 11 is 0. The minimum absolute atomic E-state index is 0.131. The van der Waals surface area contributed by atoms with Gasteiger partial charge in [0.25, 0.3) is 11.8 Å². The first-order valence-corrected chi connectivity index (χ1v) is 9.97. The van der Waals surface area contributed by atoms with Gasteiger partial charge >= 0.3 is 0 Å². The van der Waals surface area contributed by atoms with Crippen LogP contribution < -0.4 is 15.4 Å². The fourth-order valence-electron chi connectivity index (χ4n) is 3.33. The Morgan fingerprint density at radius 1 is 0.774 bits per heavy atom. The number of carbonyl (C=O) groups is 2. The lowest BCUT2D eigenvalue weighted by Gasteiger charge is -2.11.